The van der Waals surface area contributed by atoms with E-state index in [9.17, 15) is 0 Å². The second-order valence-electron chi connectivity index (χ2n) is 4.62. The van der Waals surface area contributed by atoms with Gasteiger partial charge in [0, 0.05) is 24.2 Å². The molecule has 2 aromatic rings. The number of guanidine groups is 1. The van der Waals surface area contributed by atoms with Crippen molar-refractivity contribution in [1.29, 1.82) is 0 Å². The molecule has 1 unspecified atom stereocenters. The first-order valence-corrected chi connectivity index (χ1v) is 6.20. The van der Waals surface area contributed by atoms with Gasteiger partial charge in [-0.1, -0.05) is 12.1 Å². The molecule has 2 N–H and O–H groups in total. The van der Waals surface area contributed by atoms with E-state index in [-0.39, 0.29) is 0 Å². The zero-order valence-corrected chi connectivity index (χ0v) is 10.4. The number of aliphatic imine (C=N–C) groups is 1. The second kappa shape index (κ2) is 4.64. The van der Waals surface area contributed by atoms with Gasteiger partial charge in [0.15, 0.2) is 5.96 Å². The van der Waals surface area contributed by atoms with Crippen molar-refractivity contribution in [1.82, 2.24) is 15.6 Å². The van der Waals surface area contributed by atoms with Gasteiger partial charge in [0.25, 0.3) is 0 Å². The van der Waals surface area contributed by atoms with E-state index in [1.807, 2.05) is 12.3 Å². The van der Waals surface area contributed by atoms with Crippen molar-refractivity contribution in [2.24, 2.45) is 4.99 Å². The van der Waals surface area contributed by atoms with Crippen LogP contribution in [0.5, 0.6) is 0 Å². The van der Waals surface area contributed by atoms with Crippen molar-refractivity contribution in [3.63, 3.8) is 0 Å². The molecule has 1 atom stereocenters. The highest BCUT2D eigenvalue weighted by molar-refractivity contribution is 5.82. The lowest BCUT2D eigenvalue weighted by atomic mass is 10.1. The third-order valence-electron chi connectivity index (χ3n) is 3.03. The van der Waals surface area contributed by atoms with Gasteiger partial charge < -0.3 is 10.6 Å². The smallest absolute Gasteiger partial charge is 0.191 e. The summed E-state index contributed by atoms with van der Waals surface area (Å²) in [6, 6.07) is 10.8. The van der Waals surface area contributed by atoms with Gasteiger partial charge in [-0.15, -0.1) is 0 Å². The molecule has 1 aromatic heterocycles. The van der Waals surface area contributed by atoms with Crippen LogP contribution in [-0.4, -0.2) is 23.5 Å². The number of nitrogens with zero attached hydrogens (tertiary/aromatic N) is 2. The standard InChI is InChI=1S/C14H16N4/c1-10-8-16-14(18-10)17-9-11-4-5-13-12(7-11)3-2-6-15-13/h2-7,10H,8-9H2,1H3,(H2,16,17,18). The Balaban J connectivity index is 1.71. The summed E-state index contributed by atoms with van der Waals surface area (Å²) in [5.41, 5.74) is 2.27. The number of pyridine rings is 1. The topological polar surface area (TPSA) is 49.3 Å². The van der Waals surface area contributed by atoms with E-state index < -0.39 is 0 Å². The van der Waals surface area contributed by atoms with Gasteiger partial charge in [0.2, 0.25) is 0 Å². The van der Waals surface area contributed by atoms with Crippen LogP contribution in [0.25, 0.3) is 10.9 Å². The van der Waals surface area contributed by atoms with E-state index in [1.165, 1.54) is 10.9 Å². The van der Waals surface area contributed by atoms with Crippen LogP contribution < -0.4 is 10.6 Å². The maximum absolute atomic E-state index is 4.38. The van der Waals surface area contributed by atoms with E-state index in [4.69, 9.17) is 0 Å². The Morgan fingerprint density at radius 3 is 3.17 bits per heavy atom. The molecule has 0 radical (unpaired) electrons. The van der Waals surface area contributed by atoms with Crippen LogP contribution in [0.2, 0.25) is 0 Å². The molecule has 0 saturated carbocycles. The minimum atomic E-state index is 0.438. The molecule has 0 aliphatic carbocycles. The molecule has 1 aliphatic heterocycles. The number of benzene rings is 1. The van der Waals surface area contributed by atoms with Gasteiger partial charge in [-0.2, -0.15) is 0 Å². The van der Waals surface area contributed by atoms with E-state index in [0.717, 1.165) is 24.6 Å². The van der Waals surface area contributed by atoms with Crippen molar-refractivity contribution in [3.8, 4) is 0 Å². The van der Waals surface area contributed by atoms with Crippen molar-refractivity contribution in [2.45, 2.75) is 19.5 Å². The molecule has 4 heteroatoms. The van der Waals surface area contributed by atoms with Gasteiger partial charge in [-0.3, -0.25) is 9.98 Å². The minimum absolute atomic E-state index is 0.438. The summed E-state index contributed by atoms with van der Waals surface area (Å²) < 4.78 is 0. The highest BCUT2D eigenvalue weighted by Gasteiger charge is 2.11. The van der Waals surface area contributed by atoms with Crippen molar-refractivity contribution in [2.75, 3.05) is 6.54 Å². The highest BCUT2D eigenvalue weighted by atomic mass is 15.2. The Labute approximate surface area is 106 Å². The number of nitrogens with one attached hydrogen (secondary N) is 2. The molecular formula is C14H16N4. The monoisotopic (exact) mass is 240 g/mol. The highest BCUT2D eigenvalue weighted by Crippen LogP contribution is 2.13. The molecular weight excluding hydrogens is 224 g/mol. The van der Waals surface area contributed by atoms with Gasteiger partial charge in [-0.25, -0.2) is 0 Å². The fraction of sp³-hybridized carbons (Fsp3) is 0.286. The Morgan fingerprint density at radius 2 is 2.33 bits per heavy atom. The van der Waals surface area contributed by atoms with E-state index >= 15 is 0 Å². The Morgan fingerprint density at radius 1 is 1.39 bits per heavy atom. The van der Waals surface area contributed by atoms with Crippen LogP contribution in [0.4, 0.5) is 0 Å². The molecule has 18 heavy (non-hydrogen) atoms. The lowest BCUT2D eigenvalue weighted by Gasteiger charge is -2.09. The first-order valence-electron chi connectivity index (χ1n) is 6.20. The fourth-order valence-corrected chi connectivity index (χ4v) is 2.08. The average molecular weight is 240 g/mol. The number of hydrogen-bond donors (Lipinski definition) is 2. The number of fused-ring (bicyclic) bond motifs is 1. The van der Waals surface area contributed by atoms with Gasteiger partial charge in [0.05, 0.1) is 12.1 Å². The third-order valence-corrected chi connectivity index (χ3v) is 3.03. The van der Waals surface area contributed by atoms with Crippen LogP contribution in [0, 0.1) is 0 Å². The maximum Gasteiger partial charge on any atom is 0.191 e. The SMILES string of the molecule is CC1CN=C(NCc2ccc3ncccc3c2)N1. The van der Waals surface area contributed by atoms with Crippen LogP contribution >= 0.6 is 0 Å². The average Bonchev–Trinajstić information content (AvgIpc) is 2.82. The quantitative estimate of drug-likeness (QED) is 0.839. The normalized spacial score (nSPS) is 18.5. The number of hydrogen-bond acceptors (Lipinski definition) is 4. The first kappa shape index (κ1) is 11.0. The summed E-state index contributed by atoms with van der Waals surface area (Å²) in [5.74, 6) is 0.897. The molecule has 2 heterocycles. The molecule has 0 amide bonds. The molecule has 0 spiro atoms. The van der Waals surface area contributed by atoms with Gasteiger partial charge >= 0.3 is 0 Å². The van der Waals surface area contributed by atoms with Gasteiger partial charge in [0.1, 0.15) is 0 Å². The Kier molecular flexibility index (Phi) is 2.84. The summed E-state index contributed by atoms with van der Waals surface area (Å²) in [4.78, 5) is 8.69. The fourth-order valence-electron chi connectivity index (χ4n) is 2.08. The van der Waals surface area contributed by atoms with Crippen molar-refractivity contribution < 1.29 is 0 Å². The molecule has 0 saturated heterocycles. The lowest BCUT2D eigenvalue weighted by Crippen LogP contribution is -2.37. The number of aromatic nitrogens is 1. The molecule has 1 aromatic carbocycles. The zero-order chi connectivity index (χ0) is 12.4. The second-order valence-corrected chi connectivity index (χ2v) is 4.62. The Hall–Kier alpha value is -2.10. The summed E-state index contributed by atoms with van der Waals surface area (Å²) in [7, 11) is 0. The first-order chi connectivity index (χ1) is 8.81. The van der Waals surface area contributed by atoms with Crippen molar-refractivity contribution in [3.05, 3.63) is 42.1 Å². The van der Waals surface area contributed by atoms with E-state index in [0.29, 0.717) is 6.04 Å². The minimum Gasteiger partial charge on any atom is -0.352 e. The molecule has 92 valence electrons. The molecule has 3 rings (SSSR count). The van der Waals surface area contributed by atoms with Gasteiger partial charge in [-0.05, 0) is 30.7 Å². The van der Waals surface area contributed by atoms with Crippen LogP contribution in [0.15, 0.2) is 41.5 Å². The summed E-state index contributed by atoms with van der Waals surface area (Å²) >= 11 is 0. The maximum atomic E-state index is 4.38. The van der Waals surface area contributed by atoms with Crippen LogP contribution in [0.1, 0.15) is 12.5 Å². The molecule has 4 nitrogen and oxygen atoms in total. The van der Waals surface area contributed by atoms with E-state index in [2.05, 4.69) is 51.8 Å². The van der Waals surface area contributed by atoms with E-state index in [1.54, 1.807) is 0 Å². The zero-order valence-electron chi connectivity index (χ0n) is 10.4. The molecule has 0 bridgehead atoms. The molecule has 1 aliphatic rings. The summed E-state index contributed by atoms with van der Waals surface area (Å²) in [6.07, 6.45) is 1.82. The third kappa shape index (κ3) is 2.27. The van der Waals surface area contributed by atoms with Crippen molar-refractivity contribution >= 4 is 16.9 Å². The van der Waals surface area contributed by atoms with Crippen LogP contribution in [0.3, 0.4) is 0 Å². The predicted molar refractivity (Wildman–Crippen MR) is 73.5 cm³/mol. The Bertz CT molecular complexity index is 591. The molecule has 0 fully saturated rings. The number of rotatable bonds is 2. The van der Waals surface area contributed by atoms with Crippen LogP contribution in [-0.2, 0) is 6.54 Å². The largest absolute Gasteiger partial charge is 0.352 e. The summed E-state index contributed by atoms with van der Waals surface area (Å²) in [5, 5.41) is 7.77. The predicted octanol–water partition coefficient (Wildman–Crippen LogP) is 1.67. The lowest BCUT2D eigenvalue weighted by molar-refractivity contribution is 0.713. The summed E-state index contributed by atoms with van der Waals surface area (Å²) in [6.45, 7) is 3.76.